The molecule has 0 bridgehead atoms. The molecule has 1 aliphatic rings. The normalized spacial score (nSPS) is 21.4. The van der Waals surface area contributed by atoms with Gasteiger partial charge in [-0.05, 0) is 52.9 Å². The third-order valence-electron chi connectivity index (χ3n) is 5.36. The van der Waals surface area contributed by atoms with Crippen LogP contribution in [0, 0.1) is 5.92 Å². The van der Waals surface area contributed by atoms with Crippen LogP contribution in [0.4, 0.5) is 0 Å². The van der Waals surface area contributed by atoms with Gasteiger partial charge < -0.3 is 10.2 Å². The van der Waals surface area contributed by atoms with E-state index in [0.717, 1.165) is 31.7 Å². The molecule has 136 valence electrons. The average Bonchev–Trinajstić information content (AvgIpc) is 2.40. The molecule has 23 heavy (non-hydrogen) atoms. The summed E-state index contributed by atoms with van der Waals surface area (Å²) in [5.74, 6) is 0.0815. The van der Waals surface area contributed by atoms with Gasteiger partial charge in [-0.15, -0.1) is 0 Å². The first kappa shape index (κ1) is 20.4. The number of β-amino-alcohol motifs (C(OH)–C–C–N with tert-alkyl or cyclic N) is 1. The number of aliphatic hydroxyl groups is 1. The van der Waals surface area contributed by atoms with Crippen molar-refractivity contribution in [2.75, 3.05) is 13.2 Å². The highest BCUT2D eigenvalue weighted by atomic mass is 16.4. The lowest BCUT2D eigenvalue weighted by molar-refractivity contribution is -0.137. The first-order chi connectivity index (χ1) is 10.7. The second-order valence-electron chi connectivity index (χ2n) is 8.47. The van der Waals surface area contributed by atoms with Crippen LogP contribution < -0.4 is 0 Å². The number of piperidine rings is 1. The number of hydrogen-bond donors (Lipinski definition) is 2. The number of carboxylic acid groups (broad SMARTS) is 1. The summed E-state index contributed by atoms with van der Waals surface area (Å²) in [6.45, 7) is 10.2. The van der Waals surface area contributed by atoms with Gasteiger partial charge in [0, 0.05) is 24.0 Å². The Kier molecular flexibility index (Phi) is 8.02. The lowest BCUT2D eigenvalue weighted by atomic mass is 9.72. The van der Waals surface area contributed by atoms with Crippen LogP contribution in [-0.4, -0.2) is 45.3 Å². The molecule has 4 heteroatoms. The highest BCUT2D eigenvalue weighted by Gasteiger charge is 2.44. The van der Waals surface area contributed by atoms with E-state index in [9.17, 15) is 9.90 Å². The summed E-state index contributed by atoms with van der Waals surface area (Å²) in [6.07, 6.45) is 9.48. The van der Waals surface area contributed by atoms with Gasteiger partial charge in [-0.2, -0.15) is 0 Å². The van der Waals surface area contributed by atoms with Gasteiger partial charge >= 0.3 is 5.97 Å². The van der Waals surface area contributed by atoms with E-state index in [1.54, 1.807) is 0 Å². The van der Waals surface area contributed by atoms with Gasteiger partial charge in [-0.25, -0.2) is 0 Å². The largest absolute Gasteiger partial charge is 0.481 e. The first-order valence-electron chi connectivity index (χ1n) is 9.29. The summed E-state index contributed by atoms with van der Waals surface area (Å²) in [4.78, 5) is 12.9. The topological polar surface area (TPSA) is 60.8 Å². The van der Waals surface area contributed by atoms with E-state index in [1.165, 1.54) is 32.1 Å². The molecule has 1 saturated heterocycles. The van der Waals surface area contributed by atoms with Crippen LogP contribution in [0.1, 0.15) is 85.5 Å². The fourth-order valence-electron chi connectivity index (χ4n) is 4.67. The van der Waals surface area contributed by atoms with Crippen LogP contribution in [0.3, 0.4) is 0 Å². The van der Waals surface area contributed by atoms with E-state index in [0.29, 0.717) is 6.42 Å². The summed E-state index contributed by atoms with van der Waals surface area (Å²) in [5.41, 5.74) is 0.299. The second-order valence-corrected chi connectivity index (χ2v) is 8.47. The molecule has 0 atom stereocenters. The molecule has 2 N–H and O–H groups in total. The van der Waals surface area contributed by atoms with Crippen LogP contribution in [0.2, 0.25) is 0 Å². The van der Waals surface area contributed by atoms with Crippen molar-refractivity contribution in [3.8, 4) is 0 Å². The molecule has 1 rings (SSSR count). The minimum absolute atomic E-state index is 0.149. The zero-order valence-electron chi connectivity index (χ0n) is 15.6. The maximum Gasteiger partial charge on any atom is 0.303 e. The smallest absolute Gasteiger partial charge is 0.303 e. The SMILES string of the molecule is CC1(C)CC(CCCCCCCC(=O)O)CC(C)(C)N1CCO. The van der Waals surface area contributed by atoms with Gasteiger partial charge in [0.15, 0.2) is 0 Å². The molecule has 0 aromatic heterocycles. The number of carbonyl (C=O) groups is 1. The fourth-order valence-corrected chi connectivity index (χ4v) is 4.67. The predicted molar refractivity (Wildman–Crippen MR) is 94.6 cm³/mol. The minimum Gasteiger partial charge on any atom is -0.481 e. The third-order valence-corrected chi connectivity index (χ3v) is 5.36. The second kappa shape index (κ2) is 9.03. The Labute approximate surface area is 142 Å². The summed E-state index contributed by atoms with van der Waals surface area (Å²) in [5, 5.41) is 18.0. The zero-order chi connectivity index (χ0) is 17.5. The summed E-state index contributed by atoms with van der Waals surface area (Å²) in [6, 6.07) is 0. The molecule has 0 aromatic carbocycles. The van der Waals surface area contributed by atoms with Crippen molar-refractivity contribution in [3.63, 3.8) is 0 Å². The number of aliphatic hydroxyl groups excluding tert-OH is 1. The first-order valence-corrected chi connectivity index (χ1v) is 9.29. The Morgan fingerprint density at radius 1 is 1.00 bits per heavy atom. The number of nitrogens with zero attached hydrogens (tertiary/aromatic N) is 1. The number of aliphatic carboxylic acids is 1. The molecule has 0 radical (unpaired) electrons. The van der Waals surface area contributed by atoms with Crippen LogP contribution in [0.15, 0.2) is 0 Å². The van der Waals surface area contributed by atoms with Gasteiger partial charge in [0.1, 0.15) is 0 Å². The van der Waals surface area contributed by atoms with Crippen molar-refractivity contribution >= 4 is 5.97 Å². The van der Waals surface area contributed by atoms with Gasteiger partial charge in [0.2, 0.25) is 0 Å². The van der Waals surface area contributed by atoms with Crippen LogP contribution in [0.5, 0.6) is 0 Å². The standard InChI is InChI=1S/C19H37NO3/c1-18(2)14-16(15-19(3,4)20(18)12-13-21)10-8-6-5-7-9-11-17(22)23/h16,21H,5-15H2,1-4H3,(H,22,23). The van der Waals surface area contributed by atoms with Crippen molar-refractivity contribution in [1.82, 2.24) is 4.90 Å². The van der Waals surface area contributed by atoms with Crippen molar-refractivity contribution in [2.24, 2.45) is 5.92 Å². The molecule has 0 saturated carbocycles. The monoisotopic (exact) mass is 327 g/mol. The van der Waals surface area contributed by atoms with E-state index in [2.05, 4.69) is 32.6 Å². The number of unbranched alkanes of at least 4 members (excludes halogenated alkanes) is 4. The van der Waals surface area contributed by atoms with Crippen molar-refractivity contribution in [3.05, 3.63) is 0 Å². The molecule has 1 heterocycles. The van der Waals surface area contributed by atoms with Gasteiger partial charge in [-0.1, -0.05) is 32.1 Å². The highest BCUT2D eigenvalue weighted by molar-refractivity contribution is 5.66. The van der Waals surface area contributed by atoms with E-state index in [-0.39, 0.29) is 17.7 Å². The Morgan fingerprint density at radius 3 is 2.04 bits per heavy atom. The third kappa shape index (κ3) is 6.80. The van der Waals surface area contributed by atoms with E-state index in [1.807, 2.05) is 0 Å². The van der Waals surface area contributed by atoms with E-state index >= 15 is 0 Å². The maximum atomic E-state index is 10.5. The summed E-state index contributed by atoms with van der Waals surface area (Å²) >= 11 is 0. The molecular weight excluding hydrogens is 290 g/mol. The predicted octanol–water partition coefficient (Wildman–Crippen LogP) is 4.06. The van der Waals surface area contributed by atoms with E-state index < -0.39 is 5.97 Å². The molecule has 0 spiro atoms. The molecular formula is C19H37NO3. The van der Waals surface area contributed by atoms with Gasteiger partial charge in [0.25, 0.3) is 0 Å². The van der Waals surface area contributed by atoms with Crippen LogP contribution >= 0.6 is 0 Å². The summed E-state index contributed by atoms with van der Waals surface area (Å²) in [7, 11) is 0. The Morgan fingerprint density at radius 2 is 1.52 bits per heavy atom. The Hall–Kier alpha value is -0.610. The molecule has 1 fully saturated rings. The fraction of sp³-hybridized carbons (Fsp3) is 0.947. The van der Waals surface area contributed by atoms with Crippen molar-refractivity contribution < 1.29 is 15.0 Å². The molecule has 0 unspecified atom stereocenters. The molecule has 4 nitrogen and oxygen atoms in total. The number of hydrogen-bond acceptors (Lipinski definition) is 3. The number of rotatable bonds is 10. The molecule has 0 aliphatic carbocycles. The lowest BCUT2D eigenvalue weighted by Gasteiger charge is -2.55. The van der Waals surface area contributed by atoms with Crippen LogP contribution in [-0.2, 0) is 4.79 Å². The van der Waals surface area contributed by atoms with Gasteiger partial charge in [0.05, 0.1) is 6.61 Å². The Balaban J connectivity index is 2.32. The quantitative estimate of drug-likeness (QED) is 0.594. The number of carboxylic acids is 1. The van der Waals surface area contributed by atoms with Crippen molar-refractivity contribution in [1.29, 1.82) is 0 Å². The zero-order valence-corrected chi connectivity index (χ0v) is 15.6. The van der Waals surface area contributed by atoms with Crippen LogP contribution in [0.25, 0.3) is 0 Å². The highest BCUT2D eigenvalue weighted by Crippen LogP contribution is 2.42. The molecule has 0 amide bonds. The lowest BCUT2D eigenvalue weighted by Crippen LogP contribution is -2.61. The average molecular weight is 328 g/mol. The molecule has 1 aliphatic heterocycles. The Bertz CT molecular complexity index is 348. The van der Waals surface area contributed by atoms with Gasteiger partial charge in [-0.3, -0.25) is 9.69 Å². The van der Waals surface area contributed by atoms with E-state index in [4.69, 9.17) is 5.11 Å². The summed E-state index contributed by atoms with van der Waals surface area (Å²) < 4.78 is 0. The maximum absolute atomic E-state index is 10.5. The van der Waals surface area contributed by atoms with Crippen molar-refractivity contribution in [2.45, 2.75) is 96.6 Å². The number of likely N-dealkylation sites (tertiary alicyclic amines) is 1. The molecule has 0 aromatic rings. The minimum atomic E-state index is -0.677.